The summed E-state index contributed by atoms with van der Waals surface area (Å²) in [5, 5.41) is 10.7. The van der Waals surface area contributed by atoms with Crippen molar-refractivity contribution in [1.29, 1.82) is 0 Å². The van der Waals surface area contributed by atoms with E-state index in [1.54, 1.807) is 6.07 Å². The molecule has 102 valence electrons. The van der Waals surface area contributed by atoms with Gasteiger partial charge in [-0.15, -0.1) is 0 Å². The normalized spacial score (nSPS) is 10.6. The largest absolute Gasteiger partial charge is 0.496 e. The fourth-order valence-corrected chi connectivity index (χ4v) is 1.97. The van der Waals surface area contributed by atoms with Gasteiger partial charge < -0.3 is 4.74 Å². The lowest BCUT2D eigenvalue weighted by Crippen LogP contribution is -1.92. The van der Waals surface area contributed by atoms with Crippen LogP contribution in [-0.2, 0) is 4.79 Å². The van der Waals surface area contributed by atoms with Crippen LogP contribution in [0.4, 0.5) is 5.69 Å². The Bertz CT molecular complexity index is 499. The van der Waals surface area contributed by atoms with Crippen LogP contribution in [0.5, 0.6) is 5.75 Å². The molecule has 0 aliphatic heterocycles. The van der Waals surface area contributed by atoms with Crippen LogP contribution in [-0.4, -0.2) is 22.9 Å². The first-order valence-corrected chi connectivity index (χ1v) is 6.65. The number of benzene rings is 1. The molecule has 0 atom stereocenters. The highest BCUT2D eigenvalue weighted by Crippen LogP contribution is 2.25. The number of thioether (sulfide) groups is 1. The zero-order valence-corrected chi connectivity index (χ0v) is 11.6. The van der Waals surface area contributed by atoms with Gasteiger partial charge in [0, 0.05) is 24.3 Å². The lowest BCUT2D eigenvalue weighted by atomic mass is 10.1. The third-order valence-corrected chi connectivity index (χ3v) is 3.16. The number of hydrogen-bond donors (Lipinski definition) is 0. The number of rotatable bonds is 6. The number of nitro groups is 1. The van der Waals surface area contributed by atoms with Gasteiger partial charge >= 0.3 is 0 Å². The van der Waals surface area contributed by atoms with Crippen molar-refractivity contribution in [2.45, 2.75) is 13.3 Å². The first-order valence-electron chi connectivity index (χ1n) is 5.67. The van der Waals surface area contributed by atoms with Gasteiger partial charge in [-0.25, -0.2) is 0 Å². The Morgan fingerprint density at radius 1 is 1.53 bits per heavy atom. The van der Waals surface area contributed by atoms with Gasteiger partial charge in [-0.2, -0.15) is 0 Å². The summed E-state index contributed by atoms with van der Waals surface area (Å²) in [6.45, 7) is 1.54. The average molecular weight is 281 g/mol. The van der Waals surface area contributed by atoms with Crippen molar-refractivity contribution in [3.05, 3.63) is 40.0 Å². The Morgan fingerprint density at radius 2 is 2.26 bits per heavy atom. The maximum absolute atomic E-state index is 10.7. The number of hydrogen-bond acceptors (Lipinski definition) is 5. The minimum atomic E-state index is -0.459. The molecular weight excluding hydrogens is 266 g/mol. The lowest BCUT2D eigenvalue weighted by molar-refractivity contribution is -0.384. The number of nitro benzene ring substituents is 1. The van der Waals surface area contributed by atoms with E-state index in [-0.39, 0.29) is 10.8 Å². The van der Waals surface area contributed by atoms with Gasteiger partial charge in [0.15, 0.2) is 5.12 Å². The lowest BCUT2D eigenvalue weighted by Gasteiger charge is -2.04. The van der Waals surface area contributed by atoms with E-state index >= 15 is 0 Å². The molecule has 0 bridgehead atoms. The van der Waals surface area contributed by atoms with Gasteiger partial charge in [0.25, 0.3) is 5.69 Å². The maximum atomic E-state index is 10.7. The van der Waals surface area contributed by atoms with Gasteiger partial charge in [0.05, 0.1) is 18.1 Å². The molecule has 1 aromatic rings. The maximum Gasteiger partial charge on any atom is 0.273 e. The van der Waals surface area contributed by atoms with Crippen LogP contribution in [0, 0.1) is 10.1 Å². The molecule has 0 saturated carbocycles. The third kappa shape index (κ3) is 5.13. The number of nitrogens with zero attached hydrogens (tertiary/aromatic N) is 1. The average Bonchev–Trinajstić information content (AvgIpc) is 2.37. The standard InChI is InChI=1S/C13H15NO4S/c1-10(15)19-8-4-3-5-11-6-7-12(14(16)17)9-13(11)18-2/h3,5-7,9H,4,8H2,1-2H3. The number of carbonyl (C=O) groups is 1. The molecule has 0 fully saturated rings. The Labute approximate surface area is 115 Å². The molecule has 0 amide bonds. The second-order valence-electron chi connectivity index (χ2n) is 3.71. The summed E-state index contributed by atoms with van der Waals surface area (Å²) < 4.78 is 5.12. The van der Waals surface area contributed by atoms with Crippen molar-refractivity contribution >= 4 is 28.6 Å². The summed E-state index contributed by atoms with van der Waals surface area (Å²) in [4.78, 5) is 20.9. The Kier molecular flexibility index (Phi) is 6.08. The zero-order chi connectivity index (χ0) is 14.3. The highest BCUT2D eigenvalue weighted by Gasteiger charge is 2.09. The van der Waals surface area contributed by atoms with E-state index in [1.165, 1.54) is 37.9 Å². The van der Waals surface area contributed by atoms with Crippen LogP contribution in [0.3, 0.4) is 0 Å². The fourth-order valence-electron chi connectivity index (χ4n) is 1.43. The van der Waals surface area contributed by atoms with Crippen LogP contribution < -0.4 is 4.74 Å². The van der Waals surface area contributed by atoms with Crippen LogP contribution in [0.25, 0.3) is 6.08 Å². The molecular formula is C13H15NO4S. The zero-order valence-electron chi connectivity index (χ0n) is 10.8. The fraction of sp³-hybridized carbons (Fsp3) is 0.308. The molecule has 0 spiro atoms. The second-order valence-corrected chi connectivity index (χ2v) is 4.99. The van der Waals surface area contributed by atoms with E-state index in [2.05, 4.69) is 0 Å². The van der Waals surface area contributed by atoms with E-state index in [0.29, 0.717) is 5.75 Å². The molecule has 19 heavy (non-hydrogen) atoms. The number of allylic oxidation sites excluding steroid dienone is 1. The molecule has 0 N–H and O–H groups in total. The summed E-state index contributed by atoms with van der Waals surface area (Å²) in [5.74, 6) is 1.19. The van der Waals surface area contributed by atoms with E-state index < -0.39 is 4.92 Å². The SMILES string of the molecule is COc1cc([N+](=O)[O-])ccc1C=CCCSC(C)=O. The molecule has 0 aliphatic rings. The predicted octanol–water partition coefficient (Wildman–Crippen LogP) is 3.29. The highest BCUT2D eigenvalue weighted by atomic mass is 32.2. The summed E-state index contributed by atoms with van der Waals surface area (Å²) >= 11 is 1.27. The van der Waals surface area contributed by atoms with Crippen molar-refractivity contribution in [3.8, 4) is 5.75 Å². The summed E-state index contributed by atoms with van der Waals surface area (Å²) in [6.07, 6.45) is 4.51. The quantitative estimate of drug-likeness (QED) is 0.454. The Morgan fingerprint density at radius 3 is 2.84 bits per heavy atom. The van der Waals surface area contributed by atoms with Gasteiger partial charge in [-0.05, 0) is 12.5 Å². The molecule has 0 aliphatic carbocycles. The first-order chi connectivity index (χ1) is 9.04. The van der Waals surface area contributed by atoms with Crippen molar-refractivity contribution in [2.75, 3.05) is 12.9 Å². The molecule has 0 heterocycles. The Balaban J connectivity index is 2.69. The topological polar surface area (TPSA) is 69.4 Å². The summed E-state index contributed by atoms with van der Waals surface area (Å²) in [6, 6.07) is 4.47. The van der Waals surface area contributed by atoms with Crippen LogP contribution in [0.15, 0.2) is 24.3 Å². The van der Waals surface area contributed by atoms with E-state index in [4.69, 9.17) is 4.74 Å². The van der Waals surface area contributed by atoms with Gasteiger partial charge in [-0.1, -0.05) is 23.9 Å². The molecule has 1 rings (SSSR count). The van der Waals surface area contributed by atoms with Gasteiger partial charge in [-0.3, -0.25) is 14.9 Å². The van der Waals surface area contributed by atoms with E-state index in [9.17, 15) is 14.9 Å². The third-order valence-electron chi connectivity index (χ3n) is 2.32. The molecule has 0 aromatic heterocycles. The number of methoxy groups -OCH3 is 1. The predicted molar refractivity (Wildman–Crippen MR) is 76.4 cm³/mol. The van der Waals surface area contributed by atoms with Crippen molar-refractivity contribution in [3.63, 3.8) is 0 Å². The Hall–Kier alpha value is -1.82. The van der Waals surface area contributed by atoms with Gasteiger partial charge in [0.2, 0.25) is 0 Å². The van der Waals surface area contributed by atoms with Crippen molar-refractivity contribution in [2.24, 2.45) is 0 Å². The van der Waals surface area contributed by atoms with Crippen LogP contribution in [0.2, 0.25) is 0 Å². The molecule has 0 unspecified atom stereocenters. The van der Waals surface area contributed by atoms with E-state index in [1.807, 2.05) is 12.2 Å². The molecule has 0 radical (unpaired) electrons. The highest BCUT2D eigenvalue weighted by molar-refractivity contribution is 8.13. The molecule has 6 heteroatoms. The second kappa shape index (κ2) is 7.58. The minimum absolute atomic E-state index is 0.00105. The summed E-state index contributed by atoms with van der Waals surface area (Å²) in [5.41, 5.74) is 0.780. The van der Waals surface area contributed by atoms with E-state index in [0.717, 1.165) is 17.7 Å². The van der Waals surface area contributed by atoms with Crippen molar-refractivity contribution in [1.82, 2.24) is 0 Å². The molecule has 5 nitrogen and oxygen atoms in total. The van der Waals surface area contributed by atoms with Gasteiger partial charge in [0.1, 0.15) is 5.75 Å². The number of ether oxygens (including phenoxy) is 1. The monoisotopic (exact) mass is 281 g/mol. The number of carbonyl (C=O) groups excluding carboxylic acids is 1. The summed E-state index contributed by atoms with van der Waals surface area (Å²) in [7, 11) is 1.47. The molecule has 1 aromatic carbocycles. The molecule has 0 saturated heterocycles. The smallest absolute Gasteiger partial charge is 0.273 e. The first kappa shape index (κ1) is 15.2. The number of non-ortho nitro benzene ring substituents is 1. The van der Waals surface area contributed by atoms with Crippen LogP contribution >= 0.6 is 11.8 Å². The van der Waals surface area contributed by atoms with Crippen LogP contribution in [0.1, 0.15) is 18.9 Å². The van der Waals surface area contributed by atoms with Crippen molar-refractivity contribution < 1.29 is 14.5 Å². The minimum Gasteiger partial charge on any atom is -0.496 e.